The zero-order chi connectivity index (χ0) is 16.7. The number of hydrogen-bond donors (Lipinski definition) is 3. The second-order valence-corrected chi connectivity index (χ2v) is 7.03. The summed E-state index contributed by atoms with van der Waals surface area (Å²) in [5.74, 6) is 1.02. The fourth-order valence-electron chi connectivity index (χ4n) is 2.40. The molecule has 0 aliphatic carbocycles. The highest BCUT2D eigenvalue weighted by Crippen LogP contribution is 2.38. The number of nitrogen functional groups attached to an aromatic ring is 1. The van der Waals surface area contributed by atoms with Crippen molar-refractivity contribution in [2.75, 3.05) is 11.1 Å². The Balaban J connectivity index is 1.78. The third-order valence-corrected chi connectivity index (χ3v) is 4.92. The monoisotopic (exact) mass is 375 g/mol. The molecule has 2 aromatic heterocycles. The number of anilines is 3. The van der Waals surface area contributed by atoms with E-state index in [4.69, 9.17) is 28.9 Å². The van der Waals surface area contributed by atoms with E-state index in [0.717, 1.165) is 26.5 Å². The van der Waals surface area contributed by atoms with Gasteiger partial charge in [0.15, 0.2) is 5.82 Å². The molecule has 4 aromatic rings. The highest BCUT2D eigenvalue weighted by atomic mass is 35.5. The molecule has 0 bridgehead atoms. The maximum atomic E-state index is 6.07. The van der Waals surface area contributed by atoms with E-state index in [1.807, 2.05) is 24.3 Å². The Morgan fingerprint density at radius 1 is 1.08 bits per heavy atom. The molecule has 24 heavy (non-hydrogen) atoms. The van der Waals surface area contributed by atoms with Crippen molar-refractivity contribution in [1.82, 2.24) is 15.2 Å². The fourth-order valence-corrected chi connectivity index (χ4v) is 3.96. The lowest BCUT2D eigenvalue weighted by atomic mass is 10.2. The highest BCUT2D eigenvalue weighted by Gasteiger charge is 2.18. The molecule has 0 saturated carbocycles. The maximum Gasteiger partial charge on any atom is 0.164 e. The van der Waals surface area contributed by atoms with E-state index in [1.165, 1.54) is 0 Å². The molecule has 0 amide bonds. The van der Waals surface area contributed by atoms with E-state index in [9.17, 15) is 0 Å². The van der Waals surface area contributed by atoms with E-state index >= 15 is 0 Å². The molecule has 0 saturated heterocycles. The lowest BCUT2D eigenvalue weighted by Crippen LogP contribution is -1.94. The smallest absolute Gasteiger partial charge is 0.164 e. The number of H-pyrrole nitrogens is 1. The van der Waals surface area contributed by atoms with Crippen LogP contribution in [0.15, 0.2) is 42.5 Å². The van der Waals surface area contributed by atoms with Crippen LogP contribution in [0.5, 0.6) is 0 Å². The molecule has 5 nitrogen and oxygen atoms in total. The van der Waals surface area contributed by atoms with Gasteiger partial charge in [-0.05, 0) is 30.3 Å². The molecule has 0 radical (unpaired) electrons. The number of nitrogens with zero attached hydrogens (tertiary/aromatic N) is 2. The third kappa shape index (κ3) is 2.80. The van der Waals surface area contributed by atoms with Gasteiger partial charge in [0, 0.05) is 15.7 Å². The zero-order valence-corrected chi connectivity index (χ0v) is 14.5. The summed E-state index contributed by atoms with van der Waals surface area (Å²) in [5.41, 5.74) is 8.44. The number of benzene rings is 2. The van der Waals surface area contributed by atoms with Gasteiger partial charge in [0.1, 0.15) is 10.8 Å². The molecule has 2 aromatic carbocycles. The minimum absolute atomic E-state index is 0.449. The van der Waals surface area contributed by atoms with Crippen molar-refractivity contribution in [2.45, 2.75) is 0 Å². The van der Waals surface area contributed by atoms with E-state index < -0.39 is 0 Å². The van der Waals surface area contributed by atoms with E-state index in [-0.39, 0.29) is 0 Å². The van der Waals surface area contributed by atoms with Crippen LogP contribution < -0.4 is 11.1 Å². The molecule has 8 heteroatoms. The number of aromatic amines is 1. The molecule has 4 N–H and O–H groups in total. The number of aromatic nitrogens is 3. The summed E-state index contributed by atoms with van der Waals surface area (Å²) in [5, 5.41) is 12.1. The van der Waals surface area contributed by atoms with Crippen LogP contribution in [0.1, 0.15) is 0 Å². The Morgan fingerprint density at radius 3 is 2.58 bits per heavy atom. The number of thiazole rings is 1. The average Bonchev–Trinajstić information content (AvgIpc) is 3.09. The van der Waals surface area contributed by atoms with Gasteiger partial charge in [-0.2, -0.15) is 5.10 Å². The van der Waals surface area contributed by atoms with Crippen LogP contribution in [-0.2, 0) is 0 Å². The predicted molar refractivity (Wildman–Crippen MR) is 101 cm³/mol. The van der Waals surface area contributed by atoms with E-state index in [0.29, 0.717) is 21.7 Å². The normalized spacial score (nSPS) is 11.1. The second kappa shape index (κ2) is 5.98. The van der Waals surface area contributed by atoms with Crippen molar-refractivity contribution in [3.8, 4) is 10.6 Å². The van der Waals surface area contributed by atoms with Crippen LogP contribution >= 0.6 is 34.5 Å². The molecular weight excluding hydrogens is 365 g/mol. The van der Waals surface area contributed by atoms with Crippen molar-refractivity contribution in [1.29, 1.82) is 0 Å². The number of rotatable bonds is 3. The van der Waals surface area contributed by atoms with Crippen molar-refractivity contribution < 1.29 is 0 Å². The van der Waals surface area contributed by atoms with E-state index in [2.05, 4.69) is 20.5 Å². The van der Waals surface area contributed by atoms with Gasteiger partial charge in [-0.15, -0.1) is 11.3 Å². The number of para-hydroxylation sites is 1. The third-order valence-electron chi connectivity index (χ3n) is 3.43. The Morgan fingerprint density at radius 2 is 1.83 bits per heavy atom. The Bertz CT molecular complexity index is 987. The van der Waals surface area contributed by atoms with Gasteiger partial charge >= 0.3 is 0 Å². The van der Waals surface area contributed by atoms with Gasteiger partial charge in [0.2, 0.25) is 0 Å². The zero-order valence-electron chi connectivity index (χ0n) is 12.2. The first-order chi connectivity index (χ1) is 11.6. The van der Waals surface area contributed by atoms with Crippen molar-refractivity contribution >= 4 is 62.1 Å². The van der Waals surface area contributed by atoms with Gasteiger partial charge in [0.05, 0.1) is 15.8 Å². The molecule has 0 unspecified atom stereocenters. The number of halogens is 2. The van der Waals surface area contributed by atoms with Crippen LogP contribution in [0.3, 0.4) is 0 Å². The van der Waals surface area contributed by atoms with Crippen LogP contribution in [0, 0.1) is 0 Å². The number of fused-ring (bicyclic) bond motifs is 1. The van der Waals surface area contributed by atoms with Gasteiger partial charge in [-0.1, -0.05) is 35.3 Å². The first kappa shape index (κ1) is 15.3. The summed E-state index contributed by atoms with van der Waals surface area (Å²) in [6, 6.07) is 13.1. The summed E-state index contributed by atoms with van der Waals surface area (Å²) in [4.78, 5) is 4.64. The molecule has 0 aliphatic heterocycles. The number of nitrogens with one attached hydrogen (secondary N) is 2. The van der Waals surface area contributed by atoms with Crippen LogP contribution in [0.25, 0.3) is 20.8 Å². The first-order valence-corrected chi connectivity index (χ1v) is 8.60. The van der Waals surface area contributed by atoms with Gasteiger partial charge in [-0.3, -0.25) is 5.10 Å². The van der Waals surface area contributed by atoms with Crippen LogP contribution in [0.2, 0.25) is 10.0 Å². The lowest BCUT2D eigenvalue weighted by Gasteiger charge is -2.06. The SMILES string of the molecule is Nc1[nH]nc(Nc2cc(Cl)cc(Cl)c2)c1-c1nc2ccccc2s1. The number of nitrogens with two attached hydrogens (primary N) is 1. The van der Waals surface area contributed by atoms with Crippen LogP contribution in [-0.4, -0.2) is 15.2 Å². The minimum atomic E-state index is 0.449. The fraction of sp³-hybridized carbons (Fsp3) is 0. The summed E-state index contributed by atoms with van der Waals surface area (Å²) >= 11 is 13.6. The molecular formula is C16H11Cl2N5S. The quantitative estimate of drug-likeness (QED) is 0.452. The highest BCUT2D eigenvalue weighted by molar-refractivity contribution is 7.21. The standard InChI is InChI=1S/C16H11Cl2N5S/c17-8-5-9(18)7-10(6-8)20-15-13(14(19)22-23-15)16-21-11-3-1-2-4-12(11)24-16/h1-7H,(H4,19,20,22,23). The van der Waals surface area contributed by atoms with Gasteiger partial charge in [-0.25, -0.2) is 4.98 Å². The average molecular weight is 376 g/mol. The van der Waals surface area contributed by atoms with Gasteiger partial charge < -0.3 is 11.1 Å². The van der Waals surface area contributed by atoms with Crippen molar-refractivity contribution in [3.05, 3.63) is 52.5 Å². The molecule has 0 fully saturated rings. The Labute approximate surface area is 151 Å². The lowest BCUT2D eigenvalue weighted by molar-refractivity contribution is 1.10. The molecule has 0 atom stereocenters. The summed E-state index contributed by atoms with van der Waals surface area (Å²) in [7, 11) is 0. The molecule has 0 aliphatic rings. The first-order valence-electron chi connectivity index (χ1n) is 7.03. The Kier molecular flexibility index (Phi) is 3.80. The molecule has 0 spiro atoms. The number of hydrogen-bond acceptors (Lipinski definition) is 5. The summed E-state index contributed by atoms with van der Waals surface area (Å²) in [6.45, 7) is 0. The van der Waals surface area contributed by atoms with E-state index in [1.54, 1.807) is 29.5 Å². The van der Waals surface area contributed by atoms with Crippen LogP contribution in [0.4, 0.5) is 17.3 Å². The van der Waals surface area contributed by atoms with Crippen molar-refractivity contribution in [3.63, 3.8) is 0 Å². The maximum absolute atomic E-state index is 6.07. The Hall–Kier alpha value is -2.28. The molecule has 2 heterocycles. The second-order valence-electron chi connectivity index (χ2n) is 5.13. The van der Waals surface area contributed by atoms with Crippen molar-refractivity contribution in [2.24, 2.45) is 0 Å². The predicted octanol–water partition coefficient (Wildman–Crippen LogP) is 5.32. The molecule has 4 rings (SSSR count). The summed E-state index contributed by atoms with van der Waals surface area (Å²) in [6.07, 6.45) is 0. The summed E-state index contributed by atoms with van der Waals surface area (Å²) < 4.78 is 1.09. The topological polar surface area (TPSA) is 79.6 Å². The van der Waals surface area contributed by atoms with Gasteiger partial charge in [0.25, 0.3) is 0 Å². The molecule has 120 valence electrons. The minimum Gasteiger partial charge on any atom is -0.383 e. The largest absolute Gasteiger partial charge is 0.383 e.